The third-order valence-corrected chi connectivity index (χ3v) is 6.06. The smallest absolute Gasteiger partial charge is 0.258 e. The van der Waals surface area contributed by atoms with Crippen molar-refractivity contribution in [1.82, 2.24) is 34.5 Å². The van der Waals surface area contributed by atoms with Crippen molar-refractivity contribution in [2.45, 2.75) is 62.7 Å². The van der Waals surface area contributed by atoms with Gasteiger partial charge in [0.15, 0.2) is 10.9 Å². The van der Waals surface area contributed by atoms with E-state index in [1.54, 1.807) is 4.68 Å². The average Bonchev–Trinajstić information content (AvgIpc) is 3.13. The van der Waals surface area contributed by atoms with E-state index < -0.39 is 10.0 Å². The summed E-state index contributed by atoms with van der Waals surface area (Å²) in [6.45, 7) is 1.35. The zero-order valence-electron chi connectivity index (χ0n) is 12.7. The summed E-state index contributed by atoms with van der Waals surface area (Å²) in [7, 11) is -3.56. The van der Waals surface area contributed by atoms with E-state index in [4.69, 9.17) is 0 Å². The van der Waals surface area contributed by atoms with Gasteiger partial charge in [-0.05, 0) is 36.1 Å². The van der Waals surface area contributed by atoms with Gasteiger partial charge in [0.2, 0.25) is 0 Å². The zero-order valence-corrected chi connectivity index (χ0v) is 13.5. The second-order valence-electron chi connectivity index (χ2n) is 6.09. The van der Waals surface area contributed by atoms with E-state index in [1.807, 2.05) is 4.57 Å². The average molecular weight is 337 g/mol. The van der Waals surface area contributed by atoms with E-state index in [0.29, 0.717) is 25.8 Å². The minimum absolute atomic E-state index is 0.127. The zero-order chi connectivity index (χ0) is 15.9. The largest absolute Gasteiger partial charge is 0.318 e. The molecule has 2 aromatic rings. The maximum absolute atomic E-state index is 12.7. The maximum Gasteiger partial charge on any atom is 0.258 e. The van der Waals surface area contributed by atoms with Crippen LogP contribution in [0.2, 0.25) is 0 Å². The van der Waals surface area contributed by atoms with Crippen molar-refractivity contribution >= 4 is 10.0 Å². The van der Waals surface area contributed by atoms with E-state index in [9.17, 15) is 8.42 Å². The van der Waals surface area contributed by atoms with Crippen LogP contribution in [-0.2, 0) is 36.0 Å². The van der Waals surface area contributed by atoms with Crippen molar-refractivity contribution in [2.75, 3.05) is 0 Å². The summed E-state index contributed by atoms with van der Waals surface area (Å²) in [6.07, 6.45) is 6.44. The predicted octanol–water partition coefficient (Wildman–Crippen LogP) is -0.111. The number of rotatable bonds is 3. The third-order valence-electron chi connectivity index (χ3n) is 4.54. The third kappa shape index (κ3) is 2.76. The lowest BCUT2D eigenvalue weighted by atomic mass is 10.1. The molecule has 0 aliphatic carbocycles. The van der Waals surface area contributed by atoms with Crippen LogP contribution in [0, 0.1) is 0 Å². The number of hydrogen-bond donors (Lipinski definition) is 1. The molecular weight excluding hydrogens is 318 g/mol. The molecule has 124 valence electrons. The van der Waals surface area contributed by atoms with Crippen LogP contribution >= 0.6 is 0 Å². The molecule has 23 heavy (non-hydrogen) atoms. The van der Waals surface area contributed by atoms with Gasteiger partial charge in [-0.3, -0.25) is 0 Å². The molecule has 2 aliphatic rings. The lowest BCUT2D eigenvalue weighted by molar-refractivity contribution is 0.463. The Kier molecular flexibility index (Phi) is 3.64. The maximum atomic E-state index is 12.7. The first kappa shape index (κ1) is 14.8. The van der Waals surface area contributed by atoms with E-state index in [1.165, 1.54) is 6.20 Å². The summed E-state index contributed by atoms with van der Waals surface area (Å²) in [6, 6.07) is -0.127. The van der Waals surface area contributed by atoms with Crippen molar-refractivity contribution < 1.29 is 8.42 Å². The highest BCUT2D eigenvalue weighted by Gasteiger charge is 2.28. The first-order valence-corrected chi connectivity index (χ1v) is 9.43. The molecule has 2 aromatic heterocycles. The molecule has 1 atom stereocenters. The number of hydrogen-bond acceptors (Lipinski definition) is 6. The molecule has 0 saturated heterocycles. The van der Waals surface area contributed by atoms with Crippen LogP contribution in [-0.4, -0.2) is 44.2 Å². The van der Waals surface area contributed by atoms with E-state index in [0.717, 1.165) is 37.5 Å². The van der Waals surface area contributed by atoms with Crippen molar-refractivity contribution in [1.29, 1.82) is 0 Å². The lowest BCUT2D eigenvalue weighted by Gasteiger charge is -2.19. The Morgan fingerprint density at radius 1 is 1.13 bits per heavy atom. The molecule has 4 heterocycles. The van der Waals surface area contributed by atoms with Crippen molar-refractivity contribution in [3.63, 3.8) is 0 Å². The van der Waals surface area contributed by atoms with Gasteiger partial charge < -0.3 is 4.57 Å². The van der Waals surface area contributed by atoms with Gasteiger partial charge in [-0.25, -0.2) is 22.8 Å². The first-order chi connectivity index (χ1) is 11.1. The Balaban J connectivity index is 1.52. The van der Waals surface area contributed by atoms with Crippen LogP contribution < -0.4 is 4.72 Å². The summed E-state index contributed by atoms with van der Waals surface area (Å²) in [5.41, 5.74) is 0. The number of sulfonamides is 1. The van der Waals surface area contributed by atoms with Gasteiger partial charge in [-0.15, -0.1) is 5.10 Å². The highest BCUT2D eigenvalue weighted by molar-refractivity contribution is 7.89. The van der Waals surface area contributed by atoms with E-state index >= 15 is 0 Å². The number of tetrazole rings is 1. The second-order valence-corrected chi connectivity index (χ2v) is 7.75. The van der Waals surface area contributed by atoms with Gasteiger partial charge in [-0.1, -0.05) is 0 Å². The van der Waals surface area contributed by atoms with Gasteiger partial charge in [0, 0.05) is 32.0 Å². The summed E-state index contributed by atoms with van der Waals surface area (Å²) >= 11 is 0. The molecule has 0 bridgehead atoms. The number of aryl methyl sites for hydroxylation is 3. The fraction of sp³-hybridized carbons (Fsp3) is 0.692. The number of fused-ring (bicyclic) bond motifs is 2. The van der Waals surface area contributed by atoms with Gasteiger partial charge >= 0.3 is 0 Å². The van der Waals surface area contributed by atoms with Gasteiger partial charge in [0.25, 0.3) is 10.0 Å². The standard InChI is InChI=1S/C13H19N7O2S/c21-23(22,13-9-14-11-3-1-2-7-19(11)13)16-10-4-5-12-15-17-18-20(12)8-6-10/h9-10,16H,1-8H2. The fourth-order valence-corrected chi connectivity index (χ4v) is 4.78. The molecule has 4 rings (SSSR count). The topological polar surface area (TPSA) is 108 Å². The fourth-order valence-electron chi connectivity index (χ4n) is 3.30. The number of nitrogens with zero attached hydrogens (tertiary/aromatic N) is 6. The normalized spacial score (nSPS) is 21.5. The summed E-state index contributed by atoms with van der Waals surface area (Å²) in [4.78, 5) is 4.27. The summed E-state index contributed by atoms with van der Waals surface area (Å²) in [5, 5.41) is 11.8. The first-order valence-electron chi connectivity index (χ1n) is 7.95. The Bertz CT molecular complexity index is 788. The molecule has 0 amide bonds. The monoisotopic (exact) mass is 337 g/mol. The molecule has 10 heteroatoms. The minimum Gasteiger partial charge on any atom is -0.318 e. The summed E-state index contributed by atoms with van der Waals surface area (Å²) in [5.74, 6) is 1.68. The summed E-state index contributed by atoms with van der Waals surface area (Å²) < 4.78 is 31.9. The Morgan fingerprint density at radius 3 is 2.96 bits per heavy atom. The van der Waals surface area contributed by atoms with Gasteiger partial charge in [0.1, 0.15) is 5.82 Å². The molecular formula is C13H19N7O2S. The van der Waals surface area contributed by atoms with Crippen LogP contribution in [0.15, 0.2) is 11.2 Å². The molecule has 2 aliphatic heterocycles. The molecule has 0 saturated carbocycles. The molecule has 0 radical (unpaired) electrons. The highest BCUT2D eigenvalue weighted by atomic mass is 32.2. The molecule has 0 aromatic carbocycles. The van der Waals surface area contributed by atoms with E-state index in [2.05, 4.69) is 25.2 Å². The molecule has 0 spiro atoms. The quantitative estimate of drug-likeness (QED) is 0.837. The van der Waals surface area contributed by atoms with E-state index in [-0.39, 0.29) is 11.1 Å². The molecule has 9 nitrogen and oxygen atoms in total. The van der Waals surface area contributed by atoms with Crippen LogP contribution in [0.25, 0.3) is 0 Å². The van der Waals surface area contributed by atoms with Crippen molar-refractivity contribution in [3.05, 3.63) is 17.8 Å². The van der Waals surface area contributed by atoms with Crippen LogP contribution in [0.4, 0.5) is 0 Å². The lowest BCUT2D eigenvalue weighted by Crippen LogP contribution is -2.36. The predicted molar refractivity (Wildman–Crippen MR) is 80.0 cm³/mol. The molecule has 0 fully saturated rings. The number of aromatic nitrogens is 6. The molecule has 1 unspecified atom stereocenters. The minimum atomic E-state index is -3.56. The van der Waals surface area contributed by atoms with Gasteiger partial charge in [-0.2, -0.15) is 0 Å². The highest BCUT2D eigenvalue weighted by Crippen LogP contribution is 2.21. The molecule has 1 N–H and O–H groups in total. The van der Waals surface area contributed by atoms with Crippen molar-refractivity contribution in [3.8, 4) is 0 Å². The van der Waals surface area contributed by atoms with Crippen molar-refractivity contribution in [2.24, 2.45) is 0 Å². The second kappa shape index (κ2) is 5.68. The van der Waals surface area contributed by atoms with Crippen LogP contribution in [0.3, 0.4) is 0 Å². The number of nitrogens with one attached hydrogen (secondary N) is 1. The Hall–Kier alpha value is -1.81. The van der Waals surface area contributed by atoms with Crippen LogP contribution in [0.1, 0.15) is 37.3 Å². The Labute approximate surface area is 134 Å². The van der Waals surface area contributed by atoms with Crippen LogP contribution in [0.5, 0.6) is 0 Å². The van der Waals surface area contributed by atoms with Gasteiger partial charge in [0.05, 0.1) is 6.20 Å². The Morgan fingerprint density at radius 2 is 2.04 bits per heavy atom. The number of imidazole rings is 1. The SMILES string of the molecule is O=S(=O)(NC1CCc2nnnn2CC1)c1cnc2n1CCCC2.